The largest absolute Gasteiger partial charge is 0.192 e. The minimum Gasteiger partial charge on any atom is -0.192 e. The Hall–Kier alpha value is -1.81. The van der Waals surface area contributed by atoms with Gasteiger partial charge in [-0.3, -0.25) is 0 Å². The Bertz CT molecular complexity index is 452. The van der Waals surface area contributed by atoms with Gasteiger partial charge in [-0.1, -0.05) is 24.3 Å². The molecular formula is C11H6N. The number of hydrogen-bond acceptors (Lipinski definition) is 1. The molecule has 0 saturated heterocycles. The van der Waals surface area contributed by atoms with Crippen LogP contribution in [0.15, 0.2) is 36.4 Å². The van der Waals surface area contributed by atoms with Gasteiger partial charge in [-0.15, -0.1) is 0 Å². The van der Waals surface area contributed by atoms with Crippen LogP contribution in [0.2, 0.25) is 0 Å². The first kappa shape index (κ1) is 6.87. The smallest absolute Gasteiger partial charge is 0.0992 e. The zero-order valence-electron chi connectivity index (χ0n) is 6.41. The van der Waals surface area contributed by atoms with Gasteiger partial charge in [0.05, 0.1) is 11.6 Å². The predicted molar refractivity (Wildman–Crippen MR) is 47.5 cm³/mol. The van der Waals surface area contributed by atoms with Crippen LogP contribution in [0.25, 0.3) is 10.8 Å². The van der Waals surface area contributed by atoms with Crippen molar-refractivity contribution in [2.24, 2.45) is 0 Å². The molecule has 12 heavy (non-hydrogen) atoms. The SMILES string of the molecule is N#Cc1c[c]c2ccccc2c1. The monoisotopic (exact) mass is 152 g/mol. The standard InChI is InChI=1S/C11H6N/c12-8-9-5-6-10-3-1-2-4-11(10)7-9/h1-5,7H. The van der Waals surface area contributed by atoms with Crippen molar-refractivity contribution in [3.05, 3.63) is 48.0 Å². The van der Waals surface area contributed by atoms with E-state index in [1.54, 1.807) is 6.07 Å². The number of rotatable bonds is 0. The summed E-state index contributed by atoms with van der Waals surface area (Å²) >= 11 is 0. The van der Waals surface area contributed by atoms with E-state index in [-0.39, 0.29) is 0 Å². The molecule has 0 aliphatic heterocycles. The Morgan fingerprint density at radius 2 is 2.08 bits per heavy atom. The molecule has 0 atom stereocenters. The van der Waals surface area contributed by atoms with Crippen LogP contribution >= 0.6 is 0 Å². The number of nitrogens with zero attached hydrogens (tertiary/aromatic N) is 1. The van der Waals surface area contributed by atoms with E-state index >= 15 is 0 Å². The quantitative estimate of drug-likeness (QED) is 0.569. The van der Waals surface area contributed by atoms with Crippen molar-refractivity contribution in [3.63, 3.8) is 0 Å². The van der Waals surface area contributed by atoms with Crippen molar-refractivity contribution in [1.29, 1.82) is 5.26 Å². The molecular weight excluding hydrogens is 146 g/mol. The summed E-state index contributed by atoms with van der Waals surface area (Å²) in [6, 6.07) is 16.6. The second-order valence-corrected chi connectivity index (χ2v) is 2.59. The summed E-state index contributed by atoms with van der Waals surface area (Å²) in [6.45, 7) is 0. The van der Waals surface area contributed by atoms with Gasteiger partial charge in [0.25, 0.3) is 0 Å². The van der Waals surface area contributed by atoms with E-state index in [9.17, 15) is 0 Å². The Balaban J connectivity index is 2.78. The number of nitriles is 1. The zero-order valence-corrected chi connectivity index (χ0v) is 6.41. The first-order valence-corrected chi connectivity index (χ1v) is 3.71. The third-order valence-electron chi connectivity index (χ3n) is 1.78. The Kier molecular flexibility index (Phi) is 1.53. The predicted octanol–water partition coefficient (Wildman–Crippen LogP) is 2.51. The molecule has 0 amide bonds. The summed E-state index contributed by atoms with van der Waals surface area (Å²) < 4.78 is 0. The topological polar surface area (TPSA) is 23.8 Å². The average Bonchev–Trinajstić information content (AvgIpc) is 2.17. The van der Waals surface area contributed by atoms with Crippen molar-refractivity contribution in [3.8, 4) is 6.07 Å². The Morgan fingerprint density at radius 3 is 2.92 bits per heavy atom. The lowest BCUT2D eigenvalue weighted by Crippen LogP contribution is -1.75. The molecule has 1 nitrogen and oxygen atoms in total. The first-order chi connectivity index (χ1) is 5.90. The van der Waals surface area contributed by atoms with E-state index in [0.29, 0.717) is 5.56 Å². The summed E-state index contributed by atoms with van der Waals surface area (Å²) in [4.78, 5) is 0. The molecule has 0 fully saturated rings. The molecule has 1 radical (unpaired) electrons. The normalized spacial score (nSPS) is 9.58. The van der Waals surface area contributed by atoms with Crippen LogP contribution in [0.1, 0.15) is 5.56 Å². The van der Waals surface area contributed by atoms with E-state index < -0.39 is 0 Å². The molecule has 2 aromatic carbocycles. The maximum atomic E-state index is 8.63. The second kappa shape index (κ2) is 2.67. The summed E-state index contributed by atoms with van der Waals surface area (Å²) in [6.07, 6.45) is 0. The zero-order chi connectivity index (χ0) is 8.39. The number of benzene rings is 2. The van der Waals surface area contributed by atoms with Crippen LogP contribution in [0, 0.1) is 17.4 Å². The van der Waals surface area contributed by atoms with Crippen LogP contribution in [-0.2, 0) is 0 Å². The van der Waals surface area contributed by atoms with Crippen molar-refractivity contribution in [2.45, 2.75) is 0 Å². The van der Waals surface area contributed by atoms with Gasteiger partial charge in [0.1, 0.15) is 0 Å². The molecule has 0 unspecified atom stereocenters. The fourth-order valence-electron chi connectivity index (χ4n) is 1.18. The van der Waals surface area contributed by atoms with Gasteiger partial charge in [-0.2, -0.15) is 5.26 Å². The van der Waals surface area contributed by atoms with Gasteiger partial charge >= 0.3 is 0 Å². The van der Waals surface area contributed by atoms with Crippen LogP contribution in [0.4, 0.5) is 0 Å². The summed E-state index contributed by atoms with van der Waals surface area (Å²) in [5.74, 6) is 0. The van der Waals surface area contributed by atoms with E-state index in [0.717, 1.165) is 10.8 Å². The first-order valence-electron chi connectivity index (χ1n) is 3.71. The fraction of sp³-hybridized carbons (Fsp3) is 0. The van der Waals surface area contributed by atoms with Crippen molar-refractivity contribution < 1.29 is 0 Å². The second-order valence-electron chi connectivity index (χ2n) is 2.59. The molecule has 0 aromatic heterocycles. The fourth-order valence-corrected chi connectivity index (χ4v) is 1.18. The van der Waals surface area contributed by atoms with Gasteiger partial charge in [-0.05, 0) is 29.0 Å². The highest BCUT2D eigenvalue weighted by Crippen LogP contribution is 2.13. The van der Waals surface area contributed by atoms with Crippen LogP contribution in [0.5, 0.6) is 0 Å². The van der Waals surface area contributed by atoms with E-state index in [1.807, 2.05) is 30.3 Å². The Labute approximate surface area is 70.9 Å². The molecule has 0 N–H and O–H groups in total. The van der Waals surface area contributed by atoms with Gasteiger partial charge in [-0.25, -0.2) is 0 Å². The molecule has 2 aromatic rings. The maximum Gasteiger partial charge on any atom is 0.0992 e. The van der Waals surface area contributed by atoms with Crippen molar-refractivity contribution >= 4 is 10.8 Å². The lowest BCUT2D eigenvalue weighted by atomic mass is 10.1. The average molecular weight is 152 g/mol. The lowest BCUT2D eigenvalue weighted by Gasteiger charge is -1.94. The number of hydrogen-bond donors (Lipinski definition) is 0. The molecule has 1 heteroatoms. The lowest BCUT2D eigenvalue weighted by molar-refractivity contribution is 1.49. The highest BCUT2D eigenvalue weighted by atomic mass is 14.2. The third kappa shape index (κ3) is 1.04. The molecule has 0 saturated carbocycles. The van der Waals surface area contributed by atoms with Crippen LogP contribution in [-0.4, -0.2) is 0 Å². The molecule has 55 valence electrons. The van der Waals surface area contributed by atoms with E-state index in [2.05, 4.69) is 12.1 Å². The third-order valence-corrected chi connectivity index (χ3v) is 1.78. The molecule has 0 spiro atoms. The summed E-state index contributed by atoms with van der Waals surface area (Å²) in [7, 11) is 0. The molecule has 0 aliphatic rings. The van der Waals surface area contributed by atoms with Gasteiger partial charge in [0.15, 0.2) is 0 Å². The molecule has 0 aliphatic carbocycles. The molecule has 0 heterocycles. The van der Waals surface area contributed by atoms with Crippen molar-refractivity contribution in [2.75, 3.05) is 0 Å². The highest BCUT2D eigenvalue weighted by molar-refractivity contribution is 5.82. The van der Waals surface area contributed by atoms with E-state index in [1.165, 1.54) is 0 Å². The van der Waals surface area contributed by atoms with Gasteiger partial charge in [0, 0.05) is 0 Å². The molecule has 0 bridgehead atoms. The molecule has 2 rings (SSSR count). The Morgan fingerprint density at radius 1 is 1.25 bits per heavy atom. The van der Waals surface area contributed by atoms with Gasteiger partial charge in [0.2, 0.25) is 0 Å². The highest BCUT2D eigenvalue weighted by Gasteiger charge is 1.93. The summed E-state index contributed by atoms with van der Waals surface area (Å²) in [5, 5.41) is 10.7. The number of fused-ring (bicyclic) bond motifs is 1. The van der Waals surface area contributed by atoms with Gasteiger partial charge < -0.3 is 0 Å². The van der Waals surface area contributed by atoms with Crippen molar-refractivity contribution in [1.82, 2.24) is 0 Å². The minimum absolute atomic E-state index is 0.661. The van der Waals surface area contributed by atoms with E-state index in [4.69, 9.17) is 5.26 Å². The van der Waals surface area contributed by atoms with Crippen LogP contribution < -0.4 is 0 Å². The minimum atomic E-state index is 0.661. The summed E-state index contributed by atoms with van der Waals surface area (Å²) in [5.41, 5.74) is 0.661. The maximum absolute atomic E-state index is 8.63. The van der Waals surface area contributed by atoms with Crippen LogP contribution in [0.3, 0.4) is 0 Å².